The fourth-order valence-corrected chi connectivity index (χ4v) is 2.46. The van der Waals surface area contributed by atoms with Gasteiger partial charge < -0.3 is 24.1 Å². The summed E-state index contributed by atoms with van der Waals surface area (Å²) in [5.41, 5.74) is 2.03. The molecule has 0 radical (unpaired) electrons. The second-order valence-electron chi connectivity index (χ2n) is 8.46. The first-order valence-electron chi connectivity index (χ1n) is 10.8. The summed E-state index contributed by atoms with van der Waals surface area (Å²) in [4.78, 5) is 31.2. The predicted octanol–water partition coefficient (Wildman–Crippen LogP) is 1.63. The maximum atomic E-state index is 10.7. The predicted molar refractivity (Wildman–Crippen MR) is 115 cm³/mol. The minimum Gasteiger partial charge on any atom is -0.396 e. The molecule has 8 nitrogen and oxygen atoms in total. The third-order valence-electron chi connectivity index (χ3n) is 5.91. The number of hydrogen-bond donors (Lipinski definition) is 1. The zero-order chi connectivity index (χ0) is 23.4. The Morgan fingerprint density at radius 2 is 1.32 bits per heavy atom. The Labute approximate surface area is 185 Å². The molecule has 0 spiro atoms. The van der Waals surface area contributed by atoms with Crippen LogP contribution in [0, 0.1) is 23.7 Å². The highest BCUT2D eigenvalue weighted by Gasteiger charge is 2.27. The molecular weight excluding hydrogens is 404 g/mol. The van der Waals surface area contributed by atoms with Crippen LogP contribution in [0.4, 0.5) is 0 Å². The van der Waals surface area contributed by atoms with Crippen molar-refractivity contribution in [1.82, 2.24) is 0 Å². The quantitative estimate of drug-likeness (QED) is 0.640. The lowest BCUT2D eigenvalue weighted by Crippen LogP contribution is -2.35. The summed E-state index contributed by atoms with van der Waals surface area (Å²) < 4.78 is 19.3. The van der Waals surface area contributed by atoms with Gasteiger partial charge in [-0.25, -0.2) is 0 Å². The van der Waals surface area contributed by atoms with E-state index in [0.717, 1.165) is 37.6 Å². The minimum absolute atomic E-state index is 0.160. The number of carbonyl (C=O) groups excluding carboxylic acids is 3. The van der Waals surface area contributed by atoms with Crippen LogP contribution in [0.3, 0.4) is 0 Å². The molecule has 8 heteroatoms. The summed E-state index contributed by atoms with van der Waals surface area (Å²) in [7, 11) is 0. The molecule has 2 atom stereocenters. The van der Waals surface area contributed by atoms with Gasteiger partial charge in [-0.15, -0.1) is 0 Å². The summed E-state index contributed by atoms with van der Waals surface area (Å²) in [6.45, 7) is 14.7. The third kappa shape index (κ3) is 10.1. The van der Waals surface area contributed by atoms with Crippen LogP contribution in [0.25, 0.3) is 0 Å². The summed E-state index contributed by atoms with van der Waals surface area (Å²) in [5, 5.41) is 8.61. The Hall–Kier alpha value is -1.45. The van der Waals surface area contributed by atoms with Crippen LogP contribution in [-0.2, 0) is 33.3 Å². The van der Waals surface area contributed by atoms with Gasteiger partial charge in [0.25, 0.3) is 0 Å². The molecule has 178 valence electrons. The fourth-order valence-electron chi connectivity index (χ4n) is 2.46. The van der Waals surface area contributed by atoms with Crippen LogP contribution in [-0.4, -0.2) is 81.9 Å². The van der Waals surface area contributed by atoms with Crippen LogP contribution in [0.1, 0.15) is 34.6 Å². The monoisotopic (exact) mass is 442 g/mol. The summed E-state index contributed by atoms with van der Waals surface area (Å²) >= 11 is 0. The van der Waals surface area contributed by atoms with Crippen molar-refractivity contribution in [3.8, 4) is 0 Å². The average molecular weight is 443 g/mol. The van der Waals surface area contributed by atoms with E-state index >= 15 is 0 Å². The first-order chi connectivity index (χ1) is 14.7. The number of aliphatic hydroxyl groups excluding tert-OH is 1. The van der Waals surface area contributed by atoms with E-state index in [1.54, 1.807) is 13.8 Å². The largest absolute Gasteiger partial charge is 0.396 e. The first-order valence-corrected chi connectivity index (χ1v) is 10.8. The lowest BCUT2D eigenvalue weighted by atomic mass is 9.90. The summed E-state index contributed by atoms with van der Waals surface area (Å²) in [6.07, 6.45) is 0. The third-order valence-corrected chi connectivity index (χ3v) is 5.91. The topological polar surface area (TPSA) is 108 Å². The number of aliphatic hydroxyl groups is 1. The molecule has 4 aliphatic heterocycles. The Morgan fingerprint density at radius 1 is 0.871 bits per heavy atom. The number of Topliss-reactive ketones (excluding diaryl/α,β-unsaturated/α-hetero) is 3. The molecule has 1 N–H and O–H groups in total. The Bertz CT molecular complexity index is 604. The van der Waals surface area contributed by atoms with Crippen LogP contribution in [0.2, 0.25) is 0 Å². The molecule has 0 aromatic carbocycles. The Morgan fingerprint density at radius 3 is 1.42 bits per heavy atom. The molecule has 4 saturated heterocycles. The number of rotatable bonds is 5. The molecule has 0 aliphatic carbocycles. The van der Waals surface area contributed by atoms with Crippen molar-refractivity contribution in [3.63, 3.8) is 0 Å². The standard InChI is InChI=1S/C7H12O2.C7H10O2.C6H12O2.C3H4O2/c2*1-5(6(2)8)7-3-9-4-7;1-5(2-7)6-3-8-4-6;4-3-1-5-2-3/h5,7H,3-4H2,1-2H3;3-4H2,1-2H3;5-7H,2-4H2,1H3;1-2H2. The number of allylic oxidation sites excluding steroid dienone is 1. The molecular formula is C23H38O8. The van der Waals surface area contributed by atoms with Crippen molar-refractivity contribution in [2.24, 2.45) is 23.7 Å². The number of ketones is 3. The van der Waals surface area contributed by atoms with E-state index in [-0.39, 0.29) is 23.3 Å². The van der Waals surface area contributed by atoms with Gasteiger partial charge >= 0.3 is 0 Å². The van der Waals surface area contributed by atoms with E-state index < -0.39 is 0 Å². The molecule has 0 aromatic heterocycles. The highest BCUT2D eigenvalue weighted by atomic mass is 16.5. The molecule has 2 unspecified atom stereocenters. The van der Waals surface area contributed by atoms with Crippen molar-refractivity contribution < 1.29 is 38.4 Å². The van der Waals surface area contributed by atoms with Crippen molar-refractivity contribution in [2.75, 3.05) is 59.5 Å². The van der Waals surface area contributed by atoms with E-state index in [1.165, 1.54) is 0 Å². The van der Waals surface area contributed by atoms with Crippen LogP contribution in [0.15, 0.2) is 11.1 Å². The fraction of sp³-hybridized carbons (Fsp3) is 0.783. The van der Waals surface area contributed by atoms with Crippen molar-refractivity contribution >= 4 is 17.3 Å². The van der Waals surface area contributed by atoms with Gasteiger partial charge in [0.1, 0.15) is 19.0 Å². The Balaban J connectivity index is 0.000000211. The smallest absolute Gasteiger partial charge is 0.184 e. The zero-order valence-electron chi connectivity index (χ0n) is 19.5. The van der Waals surface area contributed by atoms with Crippen molar-refractivity contribution in [2.45, 2.75) is 34.6 Å². The molecule has 4 rings (SSSR count). The van der Waals surface area contributed by atoms with Crippen molar-refractivity contribution in [1.29, 1.82) is 0 Å². The second-order valence-corrected chi connectivity index (χ2v) is 8.46. The SMILES string of the molecule is CC(=O)C(C)=C1COC1.CC(=O)C(C)C1COC1.CC(CO)C1COC1.O=C1COC1. The van der Waals surface area contributed by atoms with Crippen LogP contribution >= 0.6 is 0 Å². The number of hydrogen-bond acceptors (Lipinski definition) is 8. The lowest BCUT2D eigenvalue weighted by Gasteiger charge is -2.30. The van der Waals surface area contributed by atoms with Crippen LogP contribution in [0.5, 0.6) is 0 Å². The Kier molecular flexibility index (Phi) is 13.0. The second kappa shape index (κ2) is 14.6. The molecule has 0 saturated carbocycles. The zero-order valence-corrected chi connectivity index (χ0v) is 19.5. The summed E-state index contributed by atoms with van der Waals surface area (Å²) in [5.74, 6) is 2.42. The highest BCUT2D eigenvalue weighted by molar-refractivity contribution is 5.93. The maximum absolute atomic E-state index is 10.7. The van der Waals surface area contributed by atoms with Crippen LogP contribution < -0.4 is 0 Å². The van der Waals surface area contributed by atoms with E-state index in [1.807, 2.05) is 20.8 Å². The molecule has 0 aromatic rings. The van der Waals surface area contributed by atoms with Gasteiger partial charge in [0, 0.05) is 24.4 Å². The molecule has 0 bridgehead atoms. The number of ether oxygens (including phenoxy) is 4. The van der Waals surface area contributed by atoms with Gasteiger partial charge in [-0.2, -0.15) is 0 Å². The van der Waals surface area contributed by atoms with E-state index in [2.05, 4.69) is 4.74 Å². The van der Waals surface area contributed by atoms with Gasteiger partial charge in [0.2, 0.25) is 0 Å². The van der Waals surface area contributed by atoms with Gasteiger partial charge in [-0.1, -0.05) is 13.8 Å². The molecule has 0 amide bonds. The lowest BCUT2D eigenvalue weighted by molar-refractivity contribution is -0.140. The van der Waals surface area contributed by atoms with E-state index in [9.17, 15) is 14.4 Å². The van der Waals surface area contributed by atoms with Gasteiger partial charge in [-0.3, -0.25) is 14.4 Å². The van der Waals surface area contributed by atoms with Crippen molar-refractivity contribution in [3.05, 3.63) is 11.1 Å². The average Bonchev–Trinajstić information content (AvgIpc) is 2.56. The van der Waals surface area contributed by atoms with Gasteiger partial charge in [0.05, 0.1) is 39.6 Å². The maximum Gasteiger partial charge on any atom is 0.184 e. The highest BCUT2D eigenvalue weighted by Crippen LogP contribution is 2.20. The first kappa shape index (κ1) is 27.6. The van der Waals surface area contributed by atoms with E-state index in [4.69, 9.17) is 19.3 Å². The summed E-state index contributed by atoms with van der Waals surface area (Å²) in [6, 6.07) is 0. The minimum atomic E-state index is 0.160. The number of carbonyl (C=O) groups is 3. The molecule has 4 aliphatic rings. The van der Waals surface area contributed by atoms with Gasteiger partial charge in [-0.05, 0) is 37.8 Å². The molecule has 4 fully saturated rings. The van der Waals surface area contributed by atoms with E-state index in [0.29, 0.717) is 50.8 Å². The van der Waals surface area contributed by atoms with Gasteiger partial charge in [0.15, 0.2) is 11.6 Å². The molecule has 4 heterocycles. The normalized spacial score (nSPS) is 21.5. The molecule has 31 heavy (non-hydrogen) atoms.